The van der Waals surface area contributed by atoms with Gasteiger partial charge in [-0.3, -0.25) is 4.79 Å². The number of hydrogen-bond acceptors (Lipinski definition) is 2. The van der Waals surface area contributed by atoms with Gasteiger partial charge in [-0.05, 0) is 26.2 Å². The first-order valence-corrected chi connectivity index (χ1v) is 6.42. The Morgan fingerprint density at radius 2 is 1.88 bits per heavy atom. The maximum Gasteiger partial charge on any atom is 0.306 e. The van der Waals surface area contributed by atoms with Crippen LogP contribution in [0.4, 0.5) is 0 Å². The van der Waals surface area contributed by atoms with Crippen LogP contribution in [-0.2, 0) is 9.53 Å². The van der Waals surface area contributed by atoms with E-state index in [2.05, 4.69) is 6.92 Å². The van der Waals surface area contributed by atoms with Crippen LogP contribution in [0.3, 0.4) is 0 Å². The van der Waals surface area contributed by atoms with Gasteiger partial charge in [0, 0.05) is 6.61 Å². The molecule has 0 heterocycles. The summed E-state index contributed by atoms with van der Waals surface area (Å²) in [4.78, 5) is 10.6. The molecule has 0 aromatic rings. The molecule has 0 bridgehead atoms. The number of carbonyl (C=O) groups is 1. The van der Waals surface area contributed by atoms with Crippen molar-refractivity contribution in [3.63, 3.8) is 0 Å². The average Bonchev–Trinajstić information content (AvgIpc) is 2.25. The smallest absolute Gasteiger partial charge is 0.306 e. The molecule has 0 aromatic heterocycles. The van der Waals surface area contributed by atoms with Crippen molar-refractivity contribution in [1.82, 2.24) is 0 Å². The quantitative estimate of drug-likeness (QED) is 0.584. The van der Waals surface area contributed by atoms with E-state index in [9.17, 15) is 4.79 Å². The van der Waals surface area contributed by atoms with Gasteiger partial charge in [-0.15, -0.1) is 0 Å². The van der Waals surface area contributed by atoms with Crippen molar-refractivity contribution in [1.29, 1.82) is 0 Å². The Morgan fingerprint density at radius 1 is 1.19 bits per heavy atom. The summed E-state index contributed by atoms with van der Waals surface area (Å²) in [6.07, 6.45) is 6.58. The van der Waals surface area contributed by atoms with Crippen LogP contribution in [0.25, 0.3) is 0 Å². The third-order valence-electron chi connectivity index (χ3n) is 2.83. The van der Waals surface area contributed by atoms with Crippen LogP contribution < -0.4 is 0 Å². The van der Waals surface area contributed by atoms with E-state index in [0.717, 1.165) is 19.4 Å². The van der Waals surface area contributed by atoms with Crippen LogP contribution in [-0.4, -0.2) is 23.8 Å². The molecule has 0 rings (SSSR count). The average molecular weight is 230 g/mol. The summed E-state index contributed by atoms with van der Waals surface area (Å²) >= 11 is 0. The normalized spacial score (nSPS) is 14.7. The Hall–Kier alpha value is -0.570. The van der Waals surface area contributed by atoms with Crippen molar-refractivity contribution in [3.05, 3.63) is 0 Å². The minimum Gasteiger partial charge on any atom is -0.481 e. The predicted molar refractivity (Wildman–Crippen MR) is 65.6 cm³/mol. The van der Waals surface area contributed by atoms with Gasteiger partial charge in [0.1, 0.15) is 0 Å². The second kappa shape index (κ2) is 9.64. The van der Waals surface area contributed by atoms with Crippen LogP contribution in [0, 0.1) is 5.92 Å². The molecule has 0 aromatic carbocycles. The third kappa shape index (κ3) is 8.72. The molecule has 2 atom stereocenters. The zero-order chi connectivity index (χ0) is 12.4. The zero-order valence-corrected chi connectivity index (χ0v) is 10.9. The first-order valence-electron chi connectivity index (χ1n) is 6.42. The number of ether oxygens (including phenoxy) is 1. The number of unbranched alkanes of at least 4 members (excludes halogenated alkanes) is 3. The standard InChI is InChI=1S/C13H26O3/c1-4-5-6-7-10-16-12(3)9-8-11(2)13(14)15/h11-12H,4-10H2,1-3H3,(H,14,15). The van der Waals surface area contributed by atoms with Gasteiger partial charge in [-0.1, -0.05) is 33.1 Å². The highest BCUT2D eigenvalue weighted by molar-refractivity contribution is 5.69. The van der Waals surface area contributed by atoms with E-state index in [1.165, 1.54) is 19.3 Å². The summed E-state index contributed by atoms with van der Waals surface area (Å²) in [7, 11) is 0. The van der Waals surface area contributed by atoms with Gasteiger partial charge < -0.3 is 9.84 Å². The number of carboxylic acids is 1. The highest BCUT2D eigenvalue weighted by Crippen LogP contribution is 2.11. The van der Waals surface area contributed by atoms with Crippen LogP contribution in [0.15, 0.2) is 0 Å². The molecule has 16 heavy (non-hydrogen) atoms. The summed E-state index contributed by atoms with van der Waals surface area (Å²) in [6, 6.07) is 0. The van der Waals surface area contributed by atoms with Crippen LogP contribution >= 0.6 is 0 Å². The van der Waals surface area contributed by atoms with Gasteiger partial charge in [0.05, 0.1) is 12.0 Å². The first kappa shape index (κ1) is 15.4. The zero-order valence-electron chi connectivity index (χ0n) is 10.9. The van der Waals surface area contributed by atoms with Gasteiger partial charge in [-0.25, -0.2) is 0 Å². The lowest BCUT2D eigenvalue weighted by Gasteiger charge is -2.14. The molecule has 1 N–H and O–H groups in total. The van der Waals surface area contributed by atoms with Crippen LogP contribution in [0.5, 0.6) is 0 Å². The molecule has 96 valence electrons. The minimum absolute atomic E-state index is 0.184. The fraction of sp³-hybridized carbons (Fsp3) is 0.923. The molecule has 0 aliphatic carbocycles. The van der Waals surface area contributed by atoms with Crippen molar-refractivity contribution in [2.24, 2.45) is 5.92 Å². The highest BCUT2D eigenvalue weighted by atomic mass is 16.5. The van der Waals surface area contributed by atoms with Gasteiger partial charge in [0.15, 0.2) is 0 Å². The van der Waals surface area contributed by atoms with E-state index < -0.39 is 5.97 Å². The topological polar surface area (TPSA) is 46.5 Å². The second-order valence-corrected chi connectivity index (χ2v) is 4.56. The lowest BCUT2D eigenvalue weighted by molar-refractivity contribution is -0.141. The Balaban J connectivity index is 3.37. The van der Waals surface area contributed by atoms with E-state index in [-0.39, 0.29) is 12.0 Å². The molecule has 3 nitrogen and oxygen atoms in total. The molecular formula is C13H26O3. The predicted octanol–water partition coefficient (Wildman–Crippen LogP) is 3.47. The van der Waals surface area contributed by atoms with E-state index in [4.69, 9.17) is 9.84 Å². The Labute approximate surface area is 99.2 Å². The van der Waals surface area contributed by atoms with E-state index >= 15 is 0 Å². The first-order chi connectivity index (χ1) is 7.57. The molecule has 0 amide bonds. The van der Waals surface area contributed by atoms with E-state index in [0.29, 0.717) is 6.42 Å². The number of carboxylic acid groups (broad SMARTS) is 1. The molecule has 0 aliphatic rings. The molecule has 0 fully saturated rings. The maximum atomic E-state index is 10.6. The Morgan fingerprint density at radius 3 is 2.44 bits per heavy atom. The van der Waals surface area contributed by atoms with Gasteiger partial charge in [-0.2, -0.15) is 0 Å². The SMILES string of the molecule is CCCCCCOC(C)CCC(C)C(=O)O. The fourth-order valence-corrected chi connectivity index (χ4v) is 1.50. The van der Waals surface area contributed by atoms with Gasteiger partial charge in [0.25, 0.3) is 0 Å². The summed E-state index contributed by atoms with van der Waals surface area (Å²) in [5, 5.41) is 8.73. The third-order valence-corrected chi connectivity index (χ3v) is 2.83. The van der Waals surface area contributed by atoms with Crippen molar-refractivity contribution >= 4 is 5.97 Å². The number of rotatable bonds is 10. The maximum absolute atomic E-state index is 10.6. The van der Waals surface area contributed by atoms with Gasteiger partial charge >= 0.3 is 5.97 Å². The van der Waals surface area contributed by atoms with E-state index in [1.54, 1.807) is 6.92 Å². The molecular weight excluding hydrogens is 204 g/mol. The fourth-order valence-electron chi connectivity index (χ4n) is 1.50. The Bertz CT molecular complexity index is 180. The van der Waals surface area contributed by atoms with Crippen LogP contribution in [0.2, 0.25) is 0 Å². The Kier molecular flexibility index (Phi) is 9.30. The lowest BCUT2D eigenvalue weighted by Crippen LogP contribution is -2.15. The van der Waals surface area contributed by atoms with Crippen molar-refractivity contribution in [2.75, 3.05) is 6.61 Å². The minimum atomic E-state index is -0.713. The molecule has 0 aliphatic heterocycles. The number of hydrogen-bond donors (Lipinski definition) is 1. The molecule has 3 heteroatoms. The molecule has 2 unspecified atom stereocenters. The van der Waals surface area contributed by atoms with Crippen molar-refractivity contribution < 1.29 is 14.6 Å². The van der Waals surface area contributed by atoms with Crippen molar-refractivity contribution in [2.45, 2.75) is 65.4 Å². The lowest BCUT2D eigenvalue weighted by atomic mass is 10.0. The molecule has 0 saturated heterocycles. The van der Waals surface area contributed by atoms with Crippen LogP contribution in [0.1, 0.15) is 59.3 Å². The summed E-state index contributed by atoms with van der Waals surface area (Å²) in [6.45, 7) is 6.77. The summed E-state index contributed by atoms with van der Waals surface area (Å²) in [5.74, 6) is -0.971. The van der Waals surface area contributed by atoms with E-state index in [1.807, 2.05) is 6.92 Å². The van der Waals surface area contributed by atoms with Gasteiger partial charge in [0.2, 0.25) is 0 Å². The molecule has 0 saturated carbocycles. The molecule has 0 spiro atoms. The number of aliphatic carboxylic acids is 1. The monoisotopic (exact) mass is 230 g/mol. The highest BCUT2D eigenvalue weighted by Gasteiger charge is 2.12. The molecule has 0 radical (unpaired) electrons. The van der Waals surface area contributed by atoms with Crippen molar-refractivity contribution in [3.8, 4) is 0 Å². The summed E-state index contributed by atoms with van der Waals surface area (Å²) < 4.78 is 5.63. The largest absolute Gasteiger partial charge is 0.481 e. The summed E-state index contributed by atoms with van der Waals surface area (Å²) in [5.41, 5.74) is 0. The second-order valence-electron chi connectivity index (χ2n) is 4.56.